The monoisotopic (exact) mass is 300 g/mol. The summed E-state index contributed by atoms with van der Waals surface area (Å²) in [6, 6.07) is 7.77. The van der Waals surface area contributed by atoms with E-state index in [0.717, 1.165) is 18.2 Å². The van der Waals surface area contributed by atoms with E-state index in [-0.39, 0.29) is 5.56 Å². The van der Waals surface area contributed by atoms with Crippen LogP contribution in [-0.4, -0.2) is 5.78 Å². The van der Waals surface area contributed by atoms with Gasteiger partial charge in [-0.15, -0.1) is 0 Å². The number of carbonyl (C=O) groups excluding carboxylic acids is 1. The van der Waals surface area contributed by atoms with Crippen LogP contribution in [0, 0.1) is 11.6 Å². The summed E-state index contributed by atoms with van der Waals surface area (Å²) >= 11 is 0. The molecule has 1 nitrogen and oxygen atoms in total. The Hall–Kier alpha value is -2.24. The molecule has 0 atom stereocenters. The number of carbonyl (C=O) groups is 1. The summed E-state index contributed by atoms with van der Waals surface area (Å²) in [5.41, 5.74) is -2.21. The van der Waals surface area contributed by atoms with Crippen LogP contribution >= 0.6 is 0 Å². The number of hydrogen-bond donors (Lipinski definition) is 0. The molecule has 2 aromatic carbocycles. The van der Waals surface area contributed by atoms with Crippen molar-refractivity contribution in [3.63, 3.8) is 0 Å². The number of alkyl halides is 3. The second-order valence-electron chi connectivity index (χ2n) is 4.36. The molecule has 0 amide bonds. The van der Waals surface area contributed by atoms with Gasteiger partial charge < -0.3 is 0 Å². The molecule has 0 radical (unpaired) electrons. The van der Waals surface area contributed by atoms with Gasteiger partial charge in [-0.1, -0.05) is 24.3 Å². The van der Waals surface area contributed by atoms with Gasteiger partial charge in [0.1, 0.15) is 11.6 Å². The average molecular weight is 300 g/mol. The van der Waals surface area contributed by atoms with Gasteiger partial charge in [0.05, 0.1) is 11.1 Å². The van der Waals surface area contributed by atoms with E-state index < -0.39 is 41.1 Å². The highest BCUT2D eigenvalue weighted by molar-refractivity contribution is 5.98. The predicted octanol–water partition coefficient (Wildman–Crippen LogP) is 4.41. The molecule has 0 aliphatic rings. The van der Waals surface area contributed by atoms with Crippen LogP contribution in [0.2, 0.25) is 0 Å². The van der Waals surface area contributed by atoms with Crippen LogP contribution in [0.4, 0.5) is 22.0 Å². The summed E-state index contributed by atoms with van der Waals surface area (Å²) in [7, 11) is 0. The van der Waals surface area contributed by atoms with Crippen LogP contribution < -0.4 is 0 Å². The smallest absolute Gasteiger partial charge is 0.294 e. The van der Waals surface area contributed by atoms with Gasteiger partial charge in [0.15, 0.2) is 5.78 Å². The quantitative estimate of drug-likeness (QED) is 0.606. The first-order valence-electron chi connectivity index (χ1n) is 5.93. The zero-order valence-corrected chi connectivity index (χ0v) is 10.5. The summed E-state index contributed by atoms with van der Waals surface area (Å²) in [6.45, 7) is 0. The molecule has 0 saturated heterocycles. The summed E-state index contributed by atoms with van der Waals surface area (Å²) in [4.78, 5) is 11.9. The number of Topliss-reactive ketones (excluding diaryl/α,β-unsaturated/α-hetero) is 1. The van der Waals surface area contributed by atoms with Gasteiger partial charge >= 0.3 is 6.18 Å². The third-order valence-electron chi connectivity index (χ3n) is 2.91. The maximum atomic E-state index is 13.8. The van der Waals surface area contributed by atoms with E-state index >= 15 is 0 Å². The zero-order chi connectivity index (χ0) is 15.6. The molecule has 2 rings (SSSR count). The van der Waals surface area contributed by atoms with Crippen LogP contribution in [0.15, 0.2) is 42.5 Å². The Morgan fingerprint density at radius 2 is 1.62 bits per heavy atom. The molecule has 110 valence electrons. The fourth-order valence-electron chi connectivity index (χ4n) is 1.88. The van der Waals surface area contributed by atoms with Crippen molar-refractivity contribution < 1.29 is 26.7 Å². The Balaban J connectivity index is 2.35. The molecule has 0 aromatic heterocycles. The molecule has 0 saturated carbocycles. The molecule has 21 heavy (non-hydrogen) atoms. The largest absolute Gasteiger partial charge is 0.419 e. The SMILES string of the molecule is O=C(Cc1ccccc1F)c1cccc(C(F)(F)F)c1F. The molecule has 0 unspecified atom stereocenters. The van der Waals surface area contributed by atoms with Gasteiger partial charge in [-0.05, 0) is 23.8 Å². The van der Waals surface area contributed by atoms with Crippen molar-refractivity contribution in [1.82, 2.24) is 0 Å². The van der Waals surface area contributed by atoms with Crippen molar-refractivity contribution in [2.45, 2.75) is 12.6 Å². The lowest BCUT2D eigenvalue weighted by atomic mass is 10.00. The molecule has 0 aliphatic carbocycles. The molecule has 0 heterocycles. The minimum Gasteiger partial charge on any atom is -0.294 e. The summed E-state index contributed by atoms with van der Waals surface area (Å²) in [6.07, 6.45) is -5.40. The van der Waals surface area contributed by atoms with Crippen molar-refractivity contribution in [3.05, 3.63) is 70.8 Å². The summed E-state index contributed by atoms with van der Waals surface area (Å²) in [5, 5.41) is 0. The van der Waals surface area contributed by atoms with Gasteiger partial charge in [-0.3, -0.25) is 4.79 Å². The number of benzene rings is 2. The Bertz CT molecular complexity index is 676. The second-order valence-corrected chi connectivity index (χ2v) is 4.36. The predicted molar refractivity (Wildman–Crippen MR) is 65.8 cm³/mol. The molecule has 0 bridgehead atoms. The lowest BCUT2D eigenvalue weighted by molar-refractivity contribution is -0.140. The fourth-order valence-corrected chi connectivity index (χ4v) is 1.88. The molecule has 2 aromatic rings. The number of halogens is 5. The van der Waals surface area contributed by atoms with Crippen LogP contribution in [0.25, 0.3) is 0 Å². The Labute approximate surface area is 117 Å². The number of ketones is 1. The van der Waals surface area contributed by atoms with Crippen LogP contribution in [0.5, 0.6) is 0 Å². The maximum absolute atomic E-state index is 13.8. The minimum atomic E-state index is -4.89. The van der Waals surface area contributed by atoms with E-state index in [1.54, 1.807) is 0 Å². The number of hydrogen-bond acceptors (Lipinski definition) is 1. The lowest BCUT2D eigenvalue weighted by Crippen LogP contribution is -2.14. The standard InChI is InChI=1S/C15H9F5O/c16-12-7-2-1-4-9(12)8-13(21)10-5-3-6-11(14(10)17)15(18,19)20/h1-7H,8H2. The molecule has 0 aliphatic heterocycles. The lowest BCUT2D eigenvalue weighted by Gasteiger charge is -2.10. The first-order chi connectivity index (χ1) is 9.80. The van der Waals surface area contributed by atoms with Gasteiger partial charge in [0.25, 0.3) is 0 Å². The van der Waals surface area contributed by atoms with Crippen molar-refractivity contribution in [3.8, 4) is 0 Å². The third-order valence-corrected chi connectivity index (χ3v) is 2.91. The molecule has 0 spiro atoms. The van der Waals surface area contributed by atoms with Crippen LogP contribution in [-0.2, 0) is 12.6 Å². The van der Waals surface area contributed by atoms with E-state index in [9.17, 15) is 26.7 Å². The van der Waals surface area contributed by atoms with E-state index in [2.05, 4.69) is 0 Å². The molecule has 0 N–H and O–H groups in total. The topological polar surface area (TPSA) is 17.1 Å². The van der Waals surface area contributed by atoms with Gasteiger partial charge in [-0.25, -0.2) is 8.78 Å². The van der Waals surface area contributed by atoms with Crippen molar-refractivity contribution in [2.24, 2.45) is 0 Å². The zero-order valence-electron chi connectivity index (χ0n) is 10.5. The van der Waals surface area contributed by atoms with E-state index in [1.807, 2.05) is 0 Å². The normalized spacial score (nSPS) is 11.5. The third kappa shape index (κ3) is 3.26. The maximum Gasteiger partial charge on any atom is 0.419 e. The van der Waals surface area contributed by atoms with E-state index in [0.29, 0.717) is 6.07 Å². The highest BCUT2D eigenvalue weighted by Crippen LogP contribution is 2.32. The Morgan fingerprint density at radius 1 is 0.952 bits per heavy atom. The van der Waals surface area contributed by atoms with Crippen molar-refractivity contribution in [2.75, 3.05) is 0 Å². The molecule has 0 fully saturated rings. The van der Waals surface area contributed by atoms with Gasteiger partial charge in [-0.2, -0.15) is 13.2 Å². The second kappa shape index (κ2) is 5.63. The number of rotatable bonds is 3. The van der Waals surface area contributed by atoms with Gasteiger partial charge in [0, 0.05) is 6.42 Å². The van der Waals surface area contributed by atoms with Gasteiger partial charge in [0.2, 0.25) is 0 Å². The molecular formula is C15H9F5O. The first kappa shape index (κ1) is 15.2. The highest BCUT2D eigenvalue weighted by atomic mass is 19.4. The summed E-state index contributed by atoms with van der Waals surface area (Å²) < 4.78 is 64.9. The first-order valence-corrected chi connectivity index (χ1v) is 5.93. The Morgan fingerprint density at radius 3 is 2.24 bits per heavy atom. The fraction of sp³-hybridized carbons (Fsp3) is 0.133. The molecular weight excluding hydrogens is 291 g/mol. The van der Waals surface area contributed by atoms with Crippen molar-refractivity contribution in [1.29, 1.82) is 0 Å². The highest BCUT2D eigenvalue weighted by Gasteiger charge is 2.35. The van der Waals surface area contributed by atoms with Crippen LogP contribution in [0.1, 0.15) is 21.5 Å². The summed E-state index contributed by atoms with van der Waals surface area (Å²) in [5.74, 6) is -3.21. The van der Waals surface area contributed by atoms with E-state index in [4.69, 9.17) is 0 Å². The average Bonchev–Trinajstić information content (AvgIpc) is 2.40. The Kier molecular flexibility index (Phi) is 4.06. The van der Waals surface area contributed by atoms with Crippen molar-refractivity contribution >= 4 is 5.78 Å². The van der Waals surface area contributed by atoms with E-state index in [1.165, 1.54) is 18.2 Å². The van der Waals surface area contributed by atoms with Crippen LogP contribution in [0.3, 0.4) is 0 Å². The molecule has 6 heteroatoms. The minimum absolute atomic E-state index is 0.000637.